The van der Waals surface area contributed by atoms with E-state index in [9.17, 15) is 40.3 Å². The van der Waals surface area contributed by atoms with Gasteiger partial charge in [-0.25, -0.2) is 16.1 Å². The molecule has 3 atom stereocenters. The second kappa shape index (κ2) is 6.71. The minimum Gasteiger partial charge on any atom is -0.323 e. The highest BCUT2D eigenvalue weighted by Gasteiger charge is 2.50. The first-order valence-corrected chi connectivity index (χ1v) is 10.7. The minimum absolute atomic E-state index is 0.0500. The number of hydrogen-bond donors (Lipinski definition) is 6. The van der Waals surface area contributed by atoms with Crippen molar-refractivity contribution in [3.8, 4) is 0 Å². The summed E-state index contributed by atoms with van der Waals surface area (Å²) < 4.78 is 65.6. The van der Waals surface area contributed by atoms with Crippen LogP contribution in [0.25, 0.3) is 0 Å². The molecule has 2 aliphatic rings. The fourth-order valence-corrected chi connectivity index (χ4v) is 4.98. The lowest BCUT2D eigenvalue weighted by molar-refractivity contribution is -0.133. The van der Waals surface area contributed by atoms with Gasteiger partial charge in [0.05, 0.1) is 10.8 Å². The Morgan fingerprint density at radius 1 is 1.17 bits per heavy atom. The maximum atomic E-state index is 12.8. The van der Waals surface area contributed by atoms with Crippen molar-refractivity contribution in [1.29, 1.82) is 0 Å². The molecule has 3 unspecified atom stereocenters. The lowest BCUT2D eigenvalue weighted by Crippen LogP contribution is -2.59. The Labute approximate surface area is 163 Å². The Hall–Kier alpha value is -2.63. The van der Waals surface area contributed by atoms with Gasteiger partial charge in [-0.2, -0.15) is 21.8 Å². The second-order valence-electron chi connectivity index (χ2n) is 6.38. The summed E-state index contributed by atoms with van der Waals surface area (Å²) in [4.78, 5) is 36.2. The third-order valence-corrected chi connectivity index (χ3v) is 6.82. The molecule has 158 valence electrons. The molecule has 1 aromatic rings. The van der Waals surface area contributed by atoms with Crippen molar-refractivity contribution in [3.05, 3.63) is 28.8 Å². The number of nitrogens with zero attached hydrogens (tertiary/aromatic N) is 1. The van der Waals surface area contributed by atoms with Crippen molar-refractivity contribution in [2.75, 3.05) is 0 Å². The average molecular weight is 449 g/mol. The van der Waals surface area contributed by atoms with Crippen LogP contribution in [0.3, 0.4) is 0 Å². The Morgan fingerprint density at radius 3 is 2.31 bits per heavy atom. The number of nitrogens with one attached hydrogen (secondary N) is 2. The van der Waals surface area contributed by atoms with Crippen molar-refractivity contribution in [3.63, 3.8) is 0 Å². The maximum absolute atomic E-state index is 12.8. The molecule has 3 rings (SSSR count). The topological polar surface area (TPSA) is 239 Å². The Bertz CT molecular complexity index is 1150. The molecule has 16 heteroatoms. The van der Waals surface area contributed by atoms with Crippen LogP contribution >= 0.6 is 0 Å². The van der Waals surface area contributed by atoms with E-state index in [0.717, 1.165) is 12.1 Å². The highest BCUT2D eigenvalue weighted by Crippen LogP contribution is 2.45. The Balaban J connectivity index is 2.30. The lowest BCUT2D eigenvalue weighted by atomic mass is 9.75. The number of carbonyl (C=O) groups is 3. The van der Waals surface area contributed by atoms with E-state index in [1.807, 2.05) is 5.43 Å². The molecular weight excluding hydrogens is 434 g/mol. The predicted molar refractivity (Wildman–Crippen MR) is 92.9 cm³/mol. The number of nitrogens with two attached hydrogens (primary N) is 2. The SMILES string of the molecule is NNC(=O)NN1C(=O)c2cc(S(=O)(=O)O)cc3c2C(CC(S(=O)(=O)O)C3N)C1=O. The first kappa shape index (κ1) is 21.1. The number of hydrazine groups is 2. The minimum atomic E-state index is -4.86. The molecule has 0 spiro atoms. The molecule has 0 bridgehead atoms. The standard InChI is InChI=1S/C13H15N5O9S2/c14-10-5-1-4(28(22,23)24)2-6-9(5)7(3-8(10)29(25,26)27)12(20)18(11(6)19)17-13(21)16-15/h1-2,7-8,10H,3,14-15H2,(H2,16,17,21)(H,22,23,24)(H,25,26,27). The summed E-state index contributed by atoms with van der Waals surface area (Å²) in [6, 6.07) is -1.06. The molecule has 0 fully saturated rings. The van der Waals surface area contributed by atoms with Crippen LogP contribution in [-0.4, -0.2) is 54.0 Å². The van der Waals surface area contributed by atoms with E-state index in [1.165, 1.54) is 0 Å². The Kier molecular flexibility index (Phi) is 4.88. The van der Waals surface area contributed by atoms with E-state index in [0.29, 0.717) is 0 Å². The molecule has 0 saturated carbocycles. The van der Waals surface area contributed by atoms with Crippen molar-refractivity contribution in [2.24, 2.45) is 11.6 Å². The fraction of sp³-hybridized carbons (Fsp3) is 0.308. The molecule has 8 N–H and O–H groups in total. The van der Waals surface area contributed by atoms with Gasteiger partial charge < -0.3 is 5.73 Å². The lowest BCUT2D eigenvalue weighted by Gasteiger charge is -2.40. The van der Waals surface area contributed by atoms with Crippen LogP contribution in [0.1, 0.15) is 39.9 Å². The van der Waals surface area contributed by atoms with Crippen LogP contribution in [0.15, 0.2) is 17.0 Å². The smallest absolute Gasteiger partial charge is 0.323 e. The third-order valence-electron chi connectivity index (χ3n) is 4.74. The van der Waals surface area contributed by atoms with Crippen molar-refractivity contribution >= 4 is 38.1 Å². The van der Waals surface area contributed by atoms with Crippen LogP contribution in [0.5, 0.6) is 0 Å². The summed E-state index contributed by atoms with van der Waals surface area (Å²) in [5.41, 5.74) is 8.67. The highest BCUT2D eigenvalue weighted by atomic mass is 32.2. The molecule has 1 heterocycles. The summed E-state index contributed by atoms with van der Waals surface area (Å²) in [6.45, 7) is 0. The van der Waals surface area contributed by atoms with Crippen LogP contribution in [0, 0.1) is 0 Å². The molecule has 14 nitrogen and oxygen atoms in total. The van der Waals surface area contributed by atoms with Gasteiger partial charge >= 0.3 is 6.03 Å². The van der Waals surface area contributed by atoms with Crippen LogP contribution < -0.4 is 22.4 Å². The largest absolute Gasteiger partial charge is 0.348 e. The van der Waals surface area contributed by atoms with E-state index in [4.69, 9.17) is 11.6 Å². The second-order valence-corrected chi connectivity index (χ2v) is 9.44. The molecule has 1 aromatic carbocycles. The number of rotatable bonds is 3. The molecule has 4 amide bonds. The van der Waals surface area contributed by atoms with Crippen LogP contribution in [0.4, 0.5) is 4.79 Å². The molecular formula is C13H15N5O9S2. The van der Waals surface area contributed by atoms with Crippen molar-refractivity contribution in [1.82, 2.24) is 15.9 Å². The molecule has 29 heavy (non-hydrogen) atoms. The van der Waals surface area contributed by atoms with Gasteiger partial charge in [0.1, 0.15) is 5.25 Å². The fourth-order valence-electron chi connectivity index (χ4n) is 3.48. The number of carbonyl (C=O) groups excluding carboxylic acids is 3. The molecule has 0 aromatic heterocycles. The van der Waals surface area contributed by atoms with Gasteiger partial charge in [-0.3, -0.25) is 24.1 Å². The van der Waals surface area contributed by atoms with E-state index in [1.54, 1.807) is 5.43 Å². The van der Waals surface area contributed by atoms with Crippen LogP contribution in [-0.2, 0) is 25.0 Å². The number of amides is 4. The first-order chi connectivity index (χ1) is 13.3. The predicted octanol–water partition coefficient (Wildman–Crippen LogP) is -2.25. The van der Waals surface area contributed by atoms with Gasteiger partial charge in [0.2, 0.25) is 0 Å². The Morgan fingerprint density at radius 2 is 1.79 bits per heavy atom. The summed E-state index contributed by atoms with van der Waals surface area (Å²) >= 11 is 0. The number of hydrogen-bond acceptors (Lipinski definition) is 9. The molecule has 1 aliphatic heterocycles. The van der Waals surface area contributed by atoms with Crippen molar-refractivity contribution in [2.45, 2.75) is 28.5 Å². The molecule has 1 aliphatic carbocycles. The number of urea groups is 1. The monoisotopic (exact) mass is 449 g/mol. The van der Waals surface area contributed by atoms with Crippen LogP contribution in [0.2, 0.25) is 0 Å². The first-order valence-electron chi connectivity index (χ1n) is 7.80. The summed E-state index contributed by atoms with van der Waals surface area (Å²) in [6.07, 6.45) is -0.542. The average Bonchev–Trinajstić information content (AvgIpc) is 2.61. The maximum Gasteiger partial charge on any atom is 0.348 e. The van der Waals surface area contributed by atoms with E-state index >= 15 is 0 Å². The molecule has 0 radical (unpaired) electrons. The summed E-state index contributed by atoms with van der Waals surface area (Å²) in [5.74, 6) is 1.33. The van der Waals surface area contributed by atoms with E-state index < -0.39 is 72.2 Å². The van der Waals surface area contributed by atoms with Gasteiger partial charge in [0.25, 0.3) is 32.1 Å². The summed E-state index contributed by atoms with van der Waals surface area (Å²) in [5, 5.41) is -1.49. The van der Waals surface area contributed by atoms with Gasteiger partial charge in [0, 0.05) is 11.6 Å². The van der Waals surface area contributed by atoms with E-state index in [-0.39, 0.29) is 16.1 Å². The van der Waals surface area contributed by atoms with Gasteiger partial charge in [-0.05, 0) is 29.7 Å². The van der Waals surface area contributed by atoms with Gasteiger partial charge in [-0.15, -0.1) is 0 Å². The van der Waals surface area contributed by atoms with E-state index in [2.05, 4.69) is 0 Å². The molecule has 0 saturated heterocycles. The highest BCUT2D eigenvalue weighted by molar-refractivity contribution is 7.86. The number of benzene rings is 1. The van der Waals surface area contributed by atoms with Gasteiger partial charge in [0.15, 0.2) is 0 Å². The normalized spacial score (nSPS) is 24.1. The summed E-state index contributed by atoms with van der Waals surface area (Å²) in [7, 11) is -9.66. The zero-order chi connectivity index (χ0) is 21.9. The zero-order valence-electron chi connectivity index (χ0n) is 14.3. The van der Waals surface area contributed by atoms with Crippen molar-refractivity contribution < 1.29 is 40.3 Å². The van der Waals surface area contributed by atoms with Gasteiger partial charge in [-0.1, -0.05) is 0 Å². The quantitative estimate of drug-likeness (QED) is 0.0946. The number of imide groups is 1. The third kappa shape index (κ3) is 3.45. The zero-order valence-corrected chi connectivity index (χ0v) is 15.9.